The summed E-state index contributed by atoms with van der Waals surface area (Å²) in [5, 5.41) is -0.634. The number of piperazine rings is 1. The van der Waals surface area contributed by atoms with Gasteiger partial charge in [0.05, 0.1) is 26.7 Å². The SMILES string of the molecule is O=C(CN(c1ccc(Cl)c(C(F)(F)F)c1)S(=O)(=O)c1ccccc1)N1CCN(c2cccc(C(F)(F)F)c2)CC1. The average Bonchev–Trinajstić information content (AvgIpc) is 2.91. The molecule has 6 nitrogen and oxygen atoms in total. The van der Waals surface area contributed by atoms with E-state index in [2.05, 4.69) is 0 Å². The van der Waals surface area contributed by atoms with Crippen LogP contribution in [0.3, 0.4) is 0 Å². The first-order valence-corrected chi connectivity index (χ1v) is 13.6. The van der Waals surface area contributed by atoms with Gasteiger partial charge in [0.1, 0.15) is 6.54 Å². The van der Waals surface area contributed by atoms with Crippen molar-refractivity contribution in [2.45, 2.75) is 17.2 Å². The van der Waals surface area contributed by atoms with E-state index in [0.717, 1.165) is 24.3 Å². The summed E-state index contributed by atoms with van der Waals surface area (Å²) in [4.78, 5) is 16.0. The van der Waals surface area contributed by atoms with Crippen molar-refractivity contribution in [1.29, 1.82) is 0 Å². The van der Waals surface area contributed by atoms with E-state index >= 15 is 0 Å². The zero-order valence-electron chi connectivity index (χ0n) is 20.6. The Kier molecular flexibility index (Phi) is 8.27. The van der Waals surface area contributed by atoms with Crippen molar-refractivity contribution in [3.05, 3.63) is 88.9 Å². The van der Waals surface area contributed by atoms with Gasteiger partial charge in [0.25, 0.3) is 10.0 Å². The first-order valence-electron chi connectivity index (χ1n) is 11.8. The van der Waals surface area contributed by atoms with Crippen LogP contribution in [0.25, 0.3) is 0 Å². The second-order valence-corrected chi connectivity index (χ2v) is 11.2. The lowest BCUT2D eigenvalue weighted by atomic mass is 10.1. The molecule has 0 spiro atoms. The molecule has 0 aromatic heterocycles. The number of carbonyl (C=O) groups is 1. The number of rotatable bonds is 6. The maximum Gasteiger partial charge on any atom is 0.417 e. The molecule has 4 rings (SSSR count). The summed E-state index contributed by atoms with van der Waals surface area (Å²) in [7, 11) is -4.48. The monoisotopic (exact) mass is 605 g/mol. The maximum atomic E-state index is 13.5. The number of halogens is 7. The summed E-state index contributed by atoms with van der Waals surface area (Å²) in [6, 6.07) is 14.2. The van der Waals surface area contributed by atoms with Crippen LogP contribution in [0.15, 0.2) is 77.7 Å². The standard InChI is InChI=1S/C26H22ClF6N3O3S/c27-23-10-9-20(16-22(23)26(31,32)33)36(40(38,39)21-7-2-1-3-8-21)17-24(37)35-13-11-34(12-14-35)19-6-4-5-18(15-19)25(28,29)30/h1-10,15-16H,11-14,17H2. The van der Waals surface area contributed by atoms with Gasteiger partial charge in [-0.25, -0.2) is 8.42 Å². The first kappa shape index (κ1) is 29.5. The summed E-state index contributed by atoms with van der Waals surface area (Å²) in [5.41, 5.74) is -2.17. The number of amides is 1. The highest BCUT2D eigenvalue weighted by Gasteiger charge is 2.36. The van der Waals surface area contributed by atoms with Crippen LogP contribution in [0.1, 0.15) is 11.1 Å². The topological polar surface area (TPSA) is 60.9 Å². The lowest BCUT2D eigenvalue weighted by Crippen LogP contribution is -2.52. The number of alkyl halides is 6. The van der Waals surface area contributed by atoms with Crippen LogP contribution in [0, 0.1) is 0 Å². The predicted molar refractivity (Wildman–Crippen MR) is 138 cm³/mol. The van der Waals surface area contributed by atoms with E-state index in [4.69, 9.17) is 11.6 Å². The number of sulfonamides is 1. The van der Waals surface area contributed by atoms with Gasteiger partial charge in [-0.05, 0) is 48.5 Å². The Morgan fingerprint density at radius 3 is 2.08 bits per heavy atom. The molecular weight excluding hydrogens is 584 g/mol. The summed E-state index contributed by atoms with van der Waals surface area (Å²) in [6.45, 7) is -0.361. The molecule has 0 bridgehead atoms. The number of carbonyl (C=O) groups excluding carboxylic acids is 1. The van der Waals surface area contributed by atoms with Crippen LogP contribution in [0.5, 0.6) is 0 Å². The Morgan fingerprint density at radius 2 is 1.48 bits per heavy atom. The molecule has 1 amide bonds. The highest BCUT2D eigenvalue weighted by molar-refractivity contribution is 7.92. The molecule has 14 heteroatoms. The van der Waals surface area contributed by atoms with Crippen molar-refractivity contribution in [3.63, 3.8) is 0 Å². The Bertz CT molecular complexity index is 1470. The second-order valence-electron chi connectivity index (χ2n) is 8.90. The smallest absolute Gasteiger partial charge is 0.368 e. The molecule has 0 N–H and O–H groups in total. The van der Waals surface area contributed by atoms with Gasteiger partial charge in [0, 0.05) is 31.9 Å². The zero-order valence-corrected chi connectivity index (χ0v) is 22.2. The van der Waals surface area contributed by atoms with Crippen LogP contribution in [-0.4, -0.2) is 51.9 Å². The summed E-state index contributed by atoms with van der Waals surface area (Å²) in [6.07, 6.45) is -9.39. The molecule has 0 aliphatic carbocycles. The van der Waals surface area contributed by atoms with Crippen molar-refractivity contribution in [2.75, 3.05) is 41.9 Å². The van der Waals surface area contributed by atoms with Crippen molar-refractivity contribution in [2.24, 2.45) is 0 Å². The van der Waals surface area contributed by atoms with Gasteiger partial charge in [0.2, 0.25) is 5.91 Å². The van der Waals surface area contributed by atoms with E-state index in [1.54, 1.807) is 11.0 Å². The van der Waals surface area contributed by atoms with Gasteiger partial charge in [-0.1, -0.05) is 35.9 Å². The Morgan fingerprint density at radius 1 is 0.825 bits per heavy atom. The number of hydrogen-bond acceptors (Lipinski definition) is 4. The minimum Gasteiger partial charge on any atom is -0.368 e. The first-order chi connectivity index (χ1) is 18.7. The van der Waals surface area contributed by atoms with Crippen LogP contribution < -0.4 is 9.21 Å². The van der Waals surface area contributed by atoms with Crippen LogP contribution >= 0.6 is 11.6 Å². The molecular formula is C26H22ClF6N3O3S. The van der Waals surface area contributed by atoms with E-state index in [0.29, 0.717) is 16.1 Å². The lowest BCUT2D eigenvalue weighted by Gasteiger charge is -2.37. The minimum atomic E-state index is -4.88. The van der Waals surface area contributed by atoms with Crippen molar-refractivity contribution in [3.8, 4) is 0 Å². The molecule has 214 valence electrons. The van der Waals surface area contributed by atoms with E-state index in [1.807, 2.05) is 0 Å². The predicted octanol–water partition coefficient (Wildman–Crippen LogP) is 5.92. The molecule has 0 unspecified atom stereocenters. The summed E-state index contributed by atoms with van der Waals surface area (Å²) >= 11 is 5.71. The third kappa shape index (κ3) is 6.47. The van der Waals surface area contributed by atoms with E-state index < -0.39 is 56.7 Å². The van der Waals surface area contributed by atoms with E-state index in [-0.39, 0.29) is 31.1 Å². The van der Waals surface area contributed by atoms with Gasteiger partial charge in [-0.15, -0.1) is 0 Å². The molecule has 1 aliphatic rings. The zero-order chi connectivity index (χ0) is 29.3. The number of nitrogens with zero attached hydrogens (tertiary/aromatic N) is 3. The molecule has 1 heterocycles. The third-order valence-corrected chi connectivity index (χ3v) is 8.44. The van der Waals surface area contributed by atoms with Gasteiger partial charge in [-0.3, -0.25) is 9.10 Å². The van der Waals surface area contributed by atoms with Crippen molar-refractivity contribution in [1.82, 2.24) is 4.90 Å². The van der Waals surface area contributed by atoms with Gasteiger partial charge in [-0.2, -0.15) is 26.3 Å². The van der Waals surface area contributed by atoms with Gasteiger partial charge < -0.3 is 9.80 Å². The number of anilines is 2. The fourth-order valence-electron chi connectivity index (χ4n) is 4.24. The van der Waals surface area contributed by atoms with Gasteiger partial charge >= 0.3 is 12.4 Å². The molecule has 1 saturated heterocycles. The van der Waals surface area contributed by atoms with Crippen LogP contribution in [-0.2, 0) is 27.2 Å². The molecule has 1 aliphatic heterocycles. The fourth-order valence-corrected chi connectivity index (χ4v) is 5.89. The Labute approximate surface area is 231 Å². The van der Waals surface area contributed by atoms with E-state index in [1.165, 1.54) is 41.3 Å². The van der Waals surface area contributed by atoms with Crippen molar-refractivity contribution >= 4 is 38.9 Å². The fraction of sp³-hybridized carbons (Fsp3) is 0.269. The van der Waals surface area contributed by atoms with Gasteiger partial charge in [0.15, 0.2) is 0 Å². The summed E-state index contributed by atoms with van der Waals surface area (Å²) in [5.74, 6) is -0.688. The molecule has 0 atom stereocenters. The number of hydrogen-bond donors (Lipinski definition) is 0. The second kappa shape index (κ2) is 11.2. The molecule has 3 aromatic carbocycles. The maximum absolute atomic E-state index is 13.5. The summed E-state index contributed by atoms with van der Waals surface area (Å²) < 4.78 is 107. The highest BCUT2D eigenvalue weighted by atomic mass is 35.5. The molecule has 0 saturated carbocycles. The largest absolute Gasteiger partial charge is 0.417 e. The average molecular weight is 606 g/mol. The Hall–Kier alpha value is -3.45. The lowest BCUT2D eigenvalue weighted by molar-refractivity contribution is -0.138. The Balaban J connectivity index is 1.58. The van der Waals surface area contributed by atoms with Crippen molar-refractivity contribution < 1.29 is 39.6 Å². The van der Waals surface area contributed by atoms with E-state index in [9.17, 15) is 39.6 Å². The van der Waals surface area contributed by atoms with Crippen LogP contribution in [0.2, 0.25) is 5.02 Å². The molecule has 3 aromatic rings. The quantitative estimate of drug-likeness (QED) is 0.327. The third-order valence-electron chi connectivity index (χ3n) is 6.32. The minimum absolute atomic E-state index is 0.0583. The molecule has 40 heavy (non-hydrogen) atoms. The van der Waals surface area contributed by atoms with Crippen LogP contribution in [0.4, 0.5) is 37.7 Å². The number of benzene rings is 3. The normalized spacial score (nSPS) is 14.8. The molecule has 0 radical (unpaired) electrons. The highest BCUT2D eigenvalue weighted by Crippen LogP contribution is 2.38. The molecule has 1 fully saturated rings.